The van der Waals surface area contributed by atoms with Crippen molar-refractivity contribution in [2.24, 2.45) is 45.9 Å². The van der Waals surface area contributed by atoms with Crippen molar-refractivity contribution in [1.82, 2.24) is 0 Å². The molecule has 0 saturated carbocycles. The van der Waals surface area contributed by atoms with Crippen molar-refractivity contribution in [3.8, 4) is 0 Å². The van der Waals surface area contributed by atoms with Crippen LogP contribution in [0.3, 0.4) is 0 Å². The van der Waals surface area contributed by atoms with Gasteiger partial charge in [0.15, 0.2) is 60.4 Å². The van der Waals surface area contributed by atoms with Crippen LogP contribution in [0.25, 0.3) is 0 Å². The highest BCUT2D eigenvalue weighted by Gasteiger charge is 2.49. The lowest BCUT2D eigenvalue weighted by atomic mass is 9.97. The monoisotopic (exact) mass is 1270 g/mol. The van der Waals surface area contributed by atoms with Crippen LogP contribution in [0.1, 0.15) is 44.9 Å². The second-order valence-corrected chi connectivity index (χ2v) is 19.7. The van der Waals surface area contributed by atoms with E-state index >= 15 is 0 Å². The third-order valence-electron chi connectivity index (χ3n) is 13.4. The largest absolute Gasteiger partial charge is 0.506 e. The first-order chi connectivity index (χ1) is 41.1. The van der Waals surface area contributed by atoms with Crippen LogP contribution in [-0.2, 0) is 47.4 Å². The van der Waals surface area contributed by atoms with E-state index in [1.54, 1.807) is 0 Å². The number of fused-ring (bicyclic) bond motifs is 31. The van der Waals surface area contributed by atoms with Crippen molar-refractivity contribution >= 4 is 0 Å². The Morgan fingerprint density at radius 2 is 0.736 bits per heavy atom. The van der Waals surface area contributed by atoms with Crippen molar-refractivity contribution < 1.29 is 149 Å². The summed E-state index contributed by atoms with van der Waals surface area (Å²) in [6.45, 7) is -0.251. The summed E-state index contributed by atoms with van der Waals surface area (Å²) in [5, 5.41) is 223. The van der Waals surface area contributed by atoms with Crippen LogP contribution in [0.4, 0.5) is 0 Å². The molecule has 38 nitrogen and oxygen atoms in total. The fourth-order valence-corrected chi connectivity index (χ4v) is 8.61. The predicted molar refractivity (Wildman–Crippen MR) is 294 cm³/mol. The normalized spacial score (nSPS) is 40.8. The first kappa shape index (κ1) is 78.7. The van der Waals surface area contributed by atoms with Crippen LogP contribution in [0, 0.1) is 0 Å². The van der Waals surface area contributed by atoms with E-state index in [1.165, 1.54) is 0 Å². The molecule has 2 bridgehead atoms. The third kappa shape index (κ3) is 22.8. The number of aliphatic hydroxyl groups is 20. The summed E-state index contributed by atoms with van der Waals surface area (Å²) in [5.74, 6) is -11.3. The summed E-state index contributed by atoms with van der Waals surface area (Å²) in [6.07, 6.45) is -51.9. The molecule has 0 aromatic heterocycles. The van der Waals surface area contributed by atoms with E-state index in [4.69, 9.17) is 93.2 Å². The molecule has 87 heavy (non-hydrogen) atoms. The summed E-state index contributed by atoms with van der Waals surface area (Å²) in [7, 11) is 0. The zero-order valence-corrected chi connectivity index (χ0v) is 47.5. The molecule has 1 fully saturated rings. The molecule has 0 aromatic rings. The maximum Gasteiger partial charge on any atom is 0.321 e. The van der Waals surface area contributed by atoms with Gasteiger partial charge in [-0.3, -0.25) is 0 Å². The van der Waals surface area contributed by atoms with Crippen LogP contribution in [-0.4, -0.2) is 303 Å². The van der Waals surface area contributed by atoms with Gasteiger partial charge in [0.1, 0.15) is 73.2 Å². The average Bonchev–Trinajstić information content (AvgIpc) is 1.43. The molecule has 0 spiro atoms. The Morgan fingerprint density at radius 3 is 1.20 bits per heavy atom. The van der Waals surface area contributed by atoms with E-state index in [1.807, 2.05) is 0 Å². The highest BCUT2D eigenvalue weighted by Crippen LogP contribution is 2.31. The summed E-state index contributed by atoms with van der Waals surface area (Å²) >= 11 is 0. The van der Waals surface area contributed by atoms with Gasteiger partial charge in [-0.05, 0) is 77.9 Å². The summed E-state index contributed by atoms with van der Waals surface area (Å²) in [6, 6.07) is 0. The Labute approximate surface area is 499 Å². The molecule has 0 aliphatic carbocycles. The zero-order valence-electron chi connectivity index (χ0n) is 47.5. The van der Waals surface area contributed by atoms with Gasteiger partial charge in [-0.25, -0.2) is 0 Å². The molecule has 23 atom stereocenters. The fourth-order valence-electron chi connectivity index (χ4n) is 8.61. The highest BCUT2D eigenvalue weighted by molar-refractivity contribution is 5.12. The number of aliphatic hydroxyl groups excluding tert-OH is 20. The number of rotatable bonds is 18. The lowest BCUT2D eigenvalue weighted by Gasteiger charge is -2.44. The number of nitrogens with two attached hydrogens (primary N) is 8. The van der Waals surface area contributed by atoms with E-state index in [9.17, 15) is 102 Å². The van der Waals surface area contributed by atoms with Crippen molar-refractivity contribution in [3.05, 3.63) is 59.1 Å². The molecule has 36 N–H and O–H groups in total. The molecule has 3 rings (SSSR count). The molecular weight excluding hydrogens is 1180 g/mol. The lowest BCUT2D eigenvalue weighted by Crippen LogP contribution is -2.63. The molecule has 3 heterocycles. The maximum atomic E-state index is 11.6. The minimum Gasteiger partial charge on any atom is -0.506 e. The van der Waals surface area contributed by atoms with Gasteiger partial charge in [-0.1, -0.05) is 6.08 Å². The Kier molecular flexibility index (Phi) is 35.9. The first-order valence-corrected chi connectivity index (χ1v) is 27.5. The Balaban J connectivity index is 2.87. The summed E-state index contributed by atoms with van der Waals surface area (Å²) in [4.78, 5) is 0. The van der Waals surface area contributed by atoms with Crippen molar-refractivity contribution in [2.45, 2.75) is 186 Å². The van der Waals surface area contributed by atoms with Gasteiger partial charge in [0, 0.05) is 19.4 Å². The number of hydrogen-bond acceptors (Lipinski definition) is 38. The smallest absolute Gasteiger partial charge is 0.321 e. The van der Waals surface area contributed by atoms with Gasteiger partial charge >= 0.3 is 11.9 Å². The lowest BCUT2D eigenvalue weighted by molar-refractivity contribution is -0.335. The molecule has 23 unspecified atom stereocenters. The second-order valence-electron chi connectivity index (χ2n) is 19.7. The van der Waals surface area contributed by atoms with E-state index in [0.717, 1.165) is 6.08 Å². The van der Waals surface area contributed by atoms with Crippen LogP contribution in [0.2, 0.25) is 0 Å². The summed E-state index contributed by atoms with van der Waals surface area (Å²) in [5.41, 5.74) is 45.8. The first-order valence-electron chi connectivity index (χ1n) is 27.5. The molecule has 0 aromatic carbocycles. The highest BCUT2D eigenvalue weighted by atomic mass is 16.7. The van der Waals surface area contributed by atoms with Gasteiger partial charge < -0.3 is 195 Å². The van der Waals surface area contributed by atoms with E-state index in [-0.39, 0.29) is 19.6 Å². The number of hydrogen-bond donors (Lipinski definition) is 28. The van der Waals surface area contributed by atoms with E-state index in [2.05, 4.69) is 6.58 Å². The zero-order chi connectivity index (χ0) is 66.0. The van der Waals surface area contributed by atoms with Gasteiger partial charge in [-0.2, -0.15) is 0 Å². The molecular formula is C49H94N8O30. The SMILES string of the molecule is C=CCOC1C(O)OC(CCN)C(O)C(O)C(O)OC2C(CN)OC(OC(CCN)/C(O)=C(/O)C(O)OC(CCN)/C(O)=C(\O)OC(CCN)/C(O)=C(\O)OC(CCN)/C(O)=C(\O)C(O)OC(CCN)C(O)C(O)C(O)OC(CCN)C1O)C(O)C2O. The maximum absolute atomic E-state index is 11.6. The van der Waals surface area contributed by atoms with Crippen LogP contribution in [0.5, 0.6) is 0 Å². The Bertz CT molecular complexity index is 2110. The second kappa shape index (κ2) is 39.7. The van der Waals surface area contributed by atoms with Gasteiger partial charge in [0.05, 0.1) is 24.9 Å². The fraction of sp³-hybridized carbons (Fsp3) is 0.796. The average molecular weight is 1280 g/mol. The minimum atomic E-state index is -2.68. The number of ether oxygens (including phenoxy) is 10. The van der Waals surface area contributed by atoms with Crippen LogP contribution in [0.15, 0.2) is 59.1 Å². The Hall–Kier alpha value is -4.42. The molecule has 3 aliphatic rings. The van der Waals surface area contributed by atoms with Crippen LogP contribution >= 0.6 is 0 Å². The topological polar surface area (TPSA) is 705 Å². The molecule has 3 aliphatic heterocycles. The summed E-state index contributed by atoms with van der Waals surface area (Å²) < 4.78 is 54.6. The van der Waals surface area contributed by atoms with Crippen molar-refractivity contribution in [1.29, 1.82) is 0 Å². The molecule has 510 valence electrons. The quantitative estimate of drug-likeness (QED) is 0.0567. The minimum absolute atomic E-state index is 0.347. The molecule has 1 saturated heterocycles. The predicted octanol–water partition coefficient (Wildman–Crippen LogP) is -8.88. The van der Waals surface area contributed by atoms with E-state index in [0.29, 0.717) is 0 Å². The standard InChI is InChI=1S/C49H94N8O30/c1-2-17-78-41-31(62)23(7-14-54)81-45(74)36(67)28(59)20(4-11-51)80-44(73)35(66)27(58)19(3-10-50)79-42(71)32(63)24(8-15-55)82-43(72)33(64)25(9-16-56)83-46(75)37(68)30(61)22(6-13-53)85-49-39(70)34(65)40(26(18-57)86-49)87-47(76)38(69)29(60)21(5-12-52)84-48(41)77/h2,19-26,28-29,31,34,36,38-41,44-49,58-77H,1,3-18,50-57H2/b35-27+,37-30-,42-32-,43-33-. The third-order valence-corrected chi connectivity index (χ3v) is 13.4. The van der Waals surface area contributed by atoms with Gasteiger partial charge in [0.25, 0.3) is 0 Å². The van der Waals surface area contributed by atoms with Crippen molar-refractivity contribution in [2.75, 3.05) is 59.0 Å². The molecule has 0 amide bonds. The Morgan fingerprint density at radius 1 is 0.356 bits per heavy atom. The van der Waals surface area contributed by atoms with Crippen molar-refractivity contribution in [3.63, 3.8) is 0 Å². The van der Waals surface area contributed by atoms with Gasteiger partial charge in [-0.15, -0.1) is 6.58 Å². The van der Waals surface area contributed by atoms with Gasteiger partial charge in [0.2, 0.25) is 24.1 Å². The molecule has 0 radical (unpaired) electrons. The van der Waals surface area contributed by atoms with E-state index < -0.39 is 272 Å². The van der Waals surface area contributed by atoms with Crippen LogP contribution < -0.4 is 45.9 Å². The molecule has 38 heteroatoms.